The van der Waals surface area contributed by atoms with Crippen molar-refractivity contribution in [3.63, 3.8) is 0 Å². The lowest BCUT2D eigenvalue weighted by molar-refractivity contribution is 0.00987. The van der Waals surface area contributed by atoms with Crippen LogP contribution in [0.1, 0.15) is 17.2 Å². The maximum absolute atomic E-state index is 6.54. The van der Waals surface area contributed by atoms with Gasteiger partial charge in [0, 0.05) is 32.8 Å². The number of hydrogen-bond donors (Lipinski definition) is 0. The van der Waals surface area contributed by atoms with E-state index in [2.05, 4.69) is 10.1 Å². The average Bonchev–Trinajstić information content (AvgIpc) is 3.24. The minimum Gasteiger partial charge on any atom is -0.444 e. The molecule has 0 spiro atoms. The molecule has 1 aliphatic heterocycles. The van der Waals surface area contributed by atoms with E-state index in [1.165, 1.54) is 6.33 Å². The second-order valence-corrected chi connectivity index (χ2v) is 7.62. The third kappa shape index (κ3) is 3.50. The Morgan fingerprint density at radius 1 is 1.07 bits per heavy atom. The summed E-state index contributed by atoms with van der Waals surface area (Å²) in [6, 6.07) is 12.5. The van der Waals surface area contributed by atoms with Crippen LogP contribution < -0.4 is 0 Å². The molecule has 1 saturated heterocycles. The molecule has 2 heterocycles. The van der Waals surface area contributed by atoms with Gasteiger partial charge < -0.3 is 9.47 Å². The lowest BCUT2D eigenvalue weighted by Gasteiger charge is -2.32. The van der Waals surface area contributed by atoms with Crippen LogP contribution in [0.25, 0.3) is 0 Å². The smallest absolute Gasteiger partial charge is 0.354 e. The molecule has 1 aromatic heterocycles. The normalized spacial score (nSPS) is 21.7. The SMILES string of the molecule is S=C1OC(c2ccc(Cl)cc2)C(Cn2cncn2)(c2ccc(Cl)cc2Cl)O1. The monoisotopic (exact) mass is 439 g/mol. The maximum atomic E-state index is 6.54. The van der Waals surface area contributed by atoms with Crippen LogP contribution >= 0.6 is 47.0 Å². The van der Waals surface area contributed by atoms with E-state index in [0.29, 0.717) is 20.6 Å². The van der Waals surface area contributed by atoms with Crippen molar-refractivity contribution in [2.75, 3.05) is 0 Å². The summed E-state index contributed by atoms with van der Waals surface area (Å²) in [5, 5.41) is 5.80. The molecule has 138 valence electrons. The van der Waals surface area contributed by atoms with Gasteiger partial charge in [-0.2, -0.15) is 5.10 Å². The fourth-order valence-electron chi connectivity index (χ4n) is 3.18. The van der Waals surface area contributed by atoms with Crippen LogP contribution in [-0.4, -0.2) is 20.0 Å². The Morgan fingerprint density at radius 3 is 2.48 bits per heavy atom. The summed E-state index contributed by atoms with van der Waals surface area (Å²) in [5.74, 6) is 0. The maximum Gasteiger partial charge on any atom is 0.354 e. The minimum absolute atomic E-state index is 0.0288. The summed E-state index contributed by atoms with van der Waals surface area (Å²) in [4.78, 5) is 4.01. The number of aromatic nitrogens is 3. The average molecular weight is 441 g/mol. The molecule has 0 amide bonds. The molecule has 27 heavy (non-hydrogen) atoms. The second kappa shape index (κ2) is 7.28. The van der Waals surface area contributed by atoms with Crippen molar-refractivity contribution in [2.45, 2.75) is 18.2 Å². The van der Waals surface area contributed by atoms with Crippen molar-refractivity contribution in [3.8, 4) is 0 Å². The van der Waals surface area contributed by atoms with Gasteiger partial charge in [0.05, 0.1) is 6.54 Å². The molecule has 0 bridgehead atoms. The first-order chi connectivity index (χ1) is 13.0. The highest BCUT2D eigenvalue weighted by Gasteiger charge is 2.53. The first-order valence-corrected chi connectivity index (χ1v) is 9.45. The summed E-state index contributed by atoms with van der Waals surface area (Å²) >= 11 is 23.9. The zero-order valence-electron chi connectivity index (χ0n) is 13.7. The van der Waals surface area contributed by atoms with Crippen LogP contribution in [0.4, 0.5) is 0 Å². The van der Waals surface area contributed by atoms with E-state index in [-0.39, 0.29) is 11.8 Å². The molecule has 3 aromatic rings. The van der Waals surface area contributed by atoms with Crippen LogP contribution in [0.3, 0.4) is 0 Å². The number of hydrogen-bond acceptors (Lipinski definition) is 5. The summed E-state index contributed by atoms with van der Waals surface area (Å²) in [6.45, 7) is 0.280. The van der Waals surface area contributed by atoms with Crippen molar-refractivity contribution in [2.24, 2.45) is 0 Å². The highest BCUT2D eigenvalue weighted by molar-refractivity contribution is 7.79. The molecule has 0 aliphatic carbocycles. The third-order valence-corrected chi connectivity index (χ3v) is 5.31. The molecular weight excluding hydrogens is 429 g/mol. The fourth-order valence-corrected chi connectivity index (χ4v) is 4.12. The molecule has 4 rings (SSSR count). The van der Waals surface area contributed by atoms with Crippen LogP contribution in [0.15, 0.2) is 55.1 Å². The van der Waals surface area contributed by atoms with Crippen molar-refractivity contribution in [1.82, 2.24) is 14.8 Å². The number of halogens is 3. The van der Waals surface area contributed by atoms with E-state index in [4.69, 9.17) is 56.5 Å². The van der Waals surface area contributed by atoms with Crippen molar-refractivity contribution >= 4 is 52.3 Å². The predicted molar refractivity (Wildman–Crippen MR) is 107 cm³/mol. The Bertz CT molecular complexity index is 982. The van der Waals surface area contributed by atoms with Gasteiger partial charge in [-0.1, -0.05) is 53.0 Å². The second-order valence-electron chi connectivity index (χ2n) is 6.01. The first-order valence-electron chi connectivity index (χ1n) is 7.91. The van der Waals surface area contributed by atoms with E-state index in [1.54, 1.807) is 35.3 Å². The highest BCUT2D eigenvalue weighted by Crippen LogP contribution is 2.50. The topological polar surface area (TPSA) is 49.2 Å². The molecular formula is C18H12Cl3N3O2S. The number of ether oxygens (including phenoxy) is 2. The minimum atomic E-state index is -1.06. The molecule has 2 unspecified atom stereocenters. The van der Waals surface area contributed by atoms with Gasteiger partial charge in [-0.3, -0.25) is 0 Å². The zero-order chi connectivity index (χ0) is 19.0. The van der Waals surface area contributed by atoms with Crippen molar-refractivity contribution < 1.29 is 9.47 Å². The van der Waals surface area contributed by atoms with E-state index < -0.39 is 11.7 Å². The highest BCUT2D eigenvalue weighted by atomic mass is 35.5. The summed E-state index contributed by atoms with van der Waals surface area (Å²) in [7, 11) is 0. The molecule has 0 saturated carbocycles. The van der Waals surface area contributed by atoms with Crippen molar-refractivity contribution in [3.05, 3.63) is 81.3 Å². The van der Waals surface area contributed by atoms with E-state index in [0.717, 1.165) is 5.56 Å². The van der Waals surface area contributed by atoms with Crippen LogP contribution in [-0.2, 0) is 21.6 Å². The number of nitrogens with zero attached hydrogens (tertiary/aromatic N) is 3. The quantitative estimate of drug-likeness (QED) is 0.521. The van der Waals surface area contributed by atoms with Gasteiger partial charge in [-0.05, 0) is 29.8 Å². The molecule has 9 heteroatoms. The molecule has 1 fully saturated rings. The molecule has 1 aliphatic rings. The number of benzene rings is 2. The first kappa shape index (κ1) is 18.5. The van der Waals surface area contributed by atoms with Gasteiger partial charge >= 0.3 is 5.24 Å². The Morgan fingerprint density at radius 2 is 1.81 bits per heavy atom. The summed E-state index contributed by atoms with van der Waals surface area (Å²) in [5.41, 5.74) is 0.467. The van der Waals surface area contributed by atoms with Gasteiger partial charge in [-0.15, -0.1) is 0 Å². The molecule has 5 nitrogen and oxygen atoms in total. The number of rotatable bonds is 4. The van der Waals surface area contributed by atoms with Gasteiger partial charge in [0.25, 0.3) is 0 Å². The lowest BCUT2D eigenvalue weighted by atomic mass is 9.84. The van der Waals surface area contributed by atoms with Gasteiger partial charge in [0.1, 0.15) is 12.7 Å². The standard InChI is InChI=1S/C18H12Cl3N3O2S/c19-12-3-1-11(2-4-12)16-18(26-17(27)25-16,8-24-10-22-9-23-24)14-6-5-13(20)7-15(14)21/h1-7,9-10,16H,8H2. The van der Waals surface area contributed by atoms with Gasteiger partial charge in [0.15, 0.2) is 11.7 Å². The number of thiocarbonyl (C=S) groups is 1. The van der Waals surface area contributed by atoms with Gasteiger partial charge in [0.2, 0.25) is 0 Å². The molecule has 0 N–H and O–H groups in total. The van der Waals surface area contributed by atoms with Crippen LogP contribution in [0.5, 0.6) is 0 Å². The Balaban J connectivity index is 1.89. The van der Waals surface area contributed by atoms with E-state index in [9.17, 15) is 0 Å². The Kier molecular flexibility index (Phi) is 4.99. The van der Waals surface area contributed by atoms with E-state index >= 15 is 0 Å². The third-order valence-electron chi connectivity index (χ3n) is 4.33. The summed E-state index contributed by atoms with van der Waals surface area (Å²) < 4.78 is 13.6. The fraction of sp³-hybridized carbons (Fsp3) is 0.167. The Hall–Kier alpha value is -1.86. The molecule has 0 radical (unpaired) electrons. The van der Waals surface area contributed by atoms with Crippen molar-refractivity contribution in [1.29, 1.82) is 0 Å². The van der Waals surface area contributed by atoms with Gasteiger partial charge in [-0.25, -0.2) is 9.67 Å². The molecule has 2 atom stereocenters. The Labute approximate surface area is 175 Å². The largest absolute Gasteiger partial charge is 0.444 e. The van der Waals surface area contributed by atoms with E-state index in [1.807, 2.05) is 18.2 Å². The lowest BCUT2D eigenvalue weighted by Crippen LogP contribution is -2.37. The molecule has 2 aromatic carbocycles. The summed E-state index contributed by atoms with van der Waals surface area (Å²) in [6.07, 6.45) is 2.47. The zero-order valence-corrected chi connectivity index (χ0v) is 16.8. The predicted octanol–water partition coefficient (Wildman–Crippen LogP) is 5.21. The van der Waals surface area contributed by atoms with Crippen LogP contribution in [0.2, 0.25) is 15.1 Å². The van der Waals surface area contributed by atoms with Crippen LogP contribution in [0, 0.1) is 0 Å².